The Labute approximate surface area is 93.3 Å². The van der Waals surface area contributed by atoms with Gasteiger partial charge in [0.25, 0.3) is 0 Å². The van der Waals surface area contributed by atoms with Crippen LogP contribution in [0.1, 0.15) is 11.4 Å². The largest absolute Gasteiger partial charge is 0.399 e. The van der Waals surface area contributed by atoms with Crippen molar-refractivity contribution in [1.82, 2.24) is 20.3 Å². The molecule has 1 aromatic carbocycles. The number of nitrogens with two attached hydrogens (primary N) is 1. The minimum absolute atomic E-state index is 0.746. The van der Waals surface area contributed by atoms with Crippen molar-refractivity contribution in [2.45, 2.75) is 13.0 Å². The van der Waals surface area contributed by atoms with Gasteiger partial charge in [-0.05, 0) is 18.2 Å². The van der Waals surface area contributed by atoms with Crippen LogP contribution in [-0.2, 0) is 13.0 Å². The molecule has 2 heterocycles. The molecule has 0 atom stereocenters. The maximum atomic E-state index is 5.77. The van der Waals surface area contributed by atoms with Gasteiger partial charge >= 0.3 is 0 Å². The molecule has 2 aromatic rings. The lowest BCUT2D eigenvalue weighted by atomic mass is 10.1. The van der Waals surface area contributed by atoms with E-state index < -0.39 is 0 Å². The molecule has 1 aliphatic rings. The van der Waals surface area contributed by atoms with E-state index in [9.17, 15) is 0 Å². The van der Waals surface area contributed by atoms with E-state index in [0.29, 0.717) is 0 Å². The Hall–Kier alpha value is -1.88. The summed E-state index contributed by atoms with van der Waals surface area (Å²) in [6.45, 7) is 1.78. The van der Waals surface area contributed by atoms with E-state index in [0.717, 1.165) is 36.6 Å². The van der Waals surface area contributed by atoms with Gasteiger partial charge in [-0.3, -0.25) is 0 Å². The van der Waals surface area contributed by atoms with E-state index in [1.54, 1.807) is 0 Å². The van der Waals surface area contributed by atoms with Crippen molar-refractivity contribution in [3.05, 3.63) is 35.7 Å². The highest BCUT2D eigenvalue weighted by molar-refractivity contribution is 5.47. The molecule has 5 heteroatoms. The van der Waals surface area contributed by atoms with Gasteiger partial charge in [-0.15, -0.1) is 5.10 Å². The van der Waals surface area contributed by atoms with Gasteiger partial charge in [0, 0.05) is 25.2 Å². The number of hydrogen-bond acceptors (Lipinski definition) is 4. The molecule has 16 heavy (non-hydrogen) atoms. The Morgan fingerprint density at radius 2 is 2.31 bits per heavy atom. The van der Waals surface area contributed by atoms with Crippen molar-refractivity contribution in [2.24, 2.45) is 0 Å². The van der Waals surface area contributed by atoms with Crippen molar-refractivity contribution in [3.63, 3.8) is 0 Å². The van der Waals surface area contributed by atoms with E-state index in [1.807, 2.05) is 28.9 Å². The Morgan fingerprint density at radius 3 is 3.19 bits per heavy atom. The van der Waals surface area contributed by atoms with Crippen LogP contribution in [0.2, 0.25) is 0 Å². The minimum Gasteiger partial charge on any atom is -0.399 e. The summed E-state index contributed by atoms with van der Waals surface area (Å²) >= 11 is 0. The summed E-state index contributed by atoms with van der Waals surface area (Å²) in [6, 6.07) is 7.71. The number of hydrogen-bond donors (Lipinski definition) is 2. The van der Waals surface area contributed by atoms with Crippen molar-refractivity contribution < 1.29 is 0 Å². The quantitative estimate of drug-likeness (QED) is 0.679. The molecule has 0 saturated carbocycles. The van der Waals surface area contributed by atoms with Crippen LogP contribution in [-0.4, -0.2) is 21.5 Å². The summed E-state index contributed by atoms with van der Waals surface area (Å²) in [5.74, 6) is 0. The molecule has 5 nitrogen and oxygen atoms in total. The van der Waals surface area contributed by atoms with Crippen LogP contribution in [0.4, 0.5) is 5.69 Å². The molecule has 3 N–H and O–H groups in total. The number of aromatic nitrogens is 3. The number of nitrogen functional groups attached to an aromatic ring is 1. The van der Waals surface area contributed by atoms with E-state index in [4.69, 9.17) is 5.73 Å². The number of anilines is 1. The maximum absolute atomic E-state index is 5.77. The van der Waals surface area contributed by atoms with E-state index >= 15 is 0 Å². The van der Waals surface area contributed by atoms with Crippen LogP contribution in [0, 0.1) is 0 Å². The molecule has 0 spiro atoms. The van der Waals surface area contributed by atoms with Crippen molar-refractivity contribution in [1.29, 1.82) is 0 Å². The van der Waals surface area contributed by atoms with Crippen molar-refractivity contribution >= 4 is 5.69 Å². The summed E-state index contributed by atoms with van der Waals surface area (Å²) in [5, 5.41) is 11.6. The van der Waals surface area contributed by atoms with Crippen LogP contribution in [0.25, 0.3) is 5.69 Å². The fourth-order valence-electron chi connectivity index (χ4n) is 2.00. The van der Waals surface area contributed by atoms with Crippen LogP contribution in [0.5, 0.6) is 0 Å². The lowest BCUT2D eigenvalue weighted by Gasteiger charge is -2.13. The molecular formula is C11H13N5. The molecule has 0 saturated heterocycles. The first-order chi connectivity index (χ1) is 7.84. The average Bonchev–Trinajstić information content (AvgIpc) is 2.72. The van der Waals surface area contributed by atoms with Gasteiger partial charge in [0.1, 0.15) is 5.69 Å². The first-order valence-electron chi connectivity index (χ1n) is 5.35. The Balaban J connectivity index is 2.09. The van der Waals surface area contributed by atoms with Gasteiger partial charge in [0.05, 0.1) is 11.4 Å². The van der Waals surface area contributed by atoms with Gasteiger partial charge in [0.15, 0.2) is 0 Å². The first-order valence-corrected chi connectivity index (χ1v) is 5.35. The van der Waals surface area contributed by atoms with Gasteiger partial charge in [0.2, 0.25) is 0 Å². The molecule has 82 valence electrons. The minimum atomic E-state index is 0.746. The predicted molar refractivity (Wildman–Crippen MR) is 61.2 cm³/mol. The maximum Gasteiger partial charge on any atom is 0.100 e. The van der Waals surface area contributed by atoms with Gasteiger partial charge in [-0.1, -0.05) is 11.3 Å². The summed E-state index contributed by atoms with van der Waals surface area (Å²) in [5.41, 5.74) is 9.72. The van der Waals surface area contributed by atoms with Crippen LogP contribution in [0.15, 0.2) is 24.3 Å². The fourth-order valence-corrected chi connectivity index (χ4v) is 2.00. The highest BCUT2D eigenvalue weighted by Gasteiger charge is 2.17. The zero-order valence-corrected chi connectivity index (χ0v) is 8.85. The molecule has 0 fully saturated rings. The number of rotatable bonds is 1. The van der Waals surface area contributed by atoms with Crippen molar-refractivity contribution in [2.75, 3.05) is 12.3 Å². The number of benzene rings is 1. The number of nitrogens with zero attached hydrogens (tertiary/aromatic N) is 3. The van der Waals surface area contributed by atoms with E-state index in [-0.39, 0.29) is 0 Å². The molecule has 0 amide bonds. The highest BCUT2D eigenvalue weighted by Crippen LogP contribution is 2.17. The molecular weight excluding hydrogens is 202 g/mol. The van der Waals surface area contributed by atoms with Crippen molar-refractivity contribution in [3.8, 4) is 5.69 Å². The SMILES string of the molecule is Nc1cccc(-n2nnc3c2CCNC3)c1. The second kappa shape index (κ2) is 3.61. The standard InChI is InChI=1S/C11H13N5/c12-8-2-1-3-9(6-8)16-11-4-5-13-7-10(11)14-15-16/h1-3,6,13H,4-5,7,12H2. The highest BCUT2D eigenvalue weighted by atomic mass is 15.4. The smallest absolute Gasteiger partial charge is 0.100 e. The Bertz CT molecular complexity index is 517. The number of fused-ring (bicyclic) bond motifs is 1. The third-order valence-corrected chi connectivity index (χ3v) is 2.79. The molecule has 3 rings (SSSR count). The van der Waals surface area contributed by atoms with Gasteiger partial charge < -0.3 is 11.1 Å². The third kappa shape index (κ3) is 1.45. The third-order valence-electron chi connectivity index (χ3n) is 2.79. The van der Waals surface area contributed by atoms with E-state index in [2.05, 4.69) is 15.6 Å². The summed E-state index contributed by atoms with van der Waals surface area (Å²) in [4.78, 5) is 0. The monoisotopic (exact) mass is 215 g/mol. The van der Waals surface area contributed by atoms with E-state index in [1.165, 1.54) is 5.69 Å². The molecule has 1 aliphatic heterocycles. The van der Waals surface area contributed by atoms with Gasteiger partial charge in [-0.2, -0.15) is 0 Å². The van der Waals surface area contributed by atoms with Crippen LogP contribution >= 0.6 is 0 Å². The molecule has 0 bridgehead atoms. The second-order valence-electron chi connectivity index (χ2n) is 3.92. The molecule has 1 aromatic heterocycles. The normalized spacial score (nSPS) is 14.8. The number of nitrogens with one attached hydrogen (secondary N) is 1. The lowest BCUT2D eigenvalue weighted by Crippen LogP contribution is -2.24. The summed E-state index contributed by atoms with van der Waals surface area (Å²) in [6.07, 6.45) is 0.955. The predicted octanol–water partition coefficient (Wildman–Crippen LogP) is 0.495. The zero-order chi connectivity index (χ0) is 11.0. The Kier molecular flexibility index (Phi) is 2.11. The first kappa shape index (κ1) is 9.35. The summed E-state index contributed by atoms with van der Waals surface area (Å²) < 4.78 is 1.88. The van der Waals surface area contributed by atoms with Crippen LogP contribution < -0.4 is 11.1 Å². The van der Waals surface area contributed by atoms with Gasteiger partial charge in [-0.25, -0.2) is 4.68 Å². The average molecular weight is 215 g/mol. The molecule has 0 radical (unpaired) electrons. The molecule has 0 unspecified atom stereocenters. The Morgan fingerprint density at radius 1 is 1.38 bits per heavy atom. The second-order valence-corrected chi connectivity index (χ2v) is 3.92. The topological polar surface area (TPSA) is 68.8 Å². The lowest BCUT2D eigenvalue weighted by molar-refractivity contribution is 0.619. The fraction of sp³-hybridized carbons (Fsp3) is 0.273. The molecule has 0 aliphatic carbocycles. The van der Waals surface area contributed by atoms with Crippen LogP contribution in [0.3, 0.4) is 0 Å². The summed E-state index contributed by atoms with van der Waals surface area (Å²) in [7, 11) is 0. The zero-order valence-electron chi connectivity index (χ0n) is 8.85.